The fraction of sp³-hybridized carbons (Fsp3) is 1.00. The smallest absolute Gasteiger partial charge is 0.0679 e. The fourth-order valence-electron chi connectivity index (χ4n) is 1.91. The minimum Gasteiger partial charge on any atom is -0.392 e. The van der Waals surface area contributed by atoms with E-state index in [1.165, 1.54) is 0 Å². The van der Waals surface area contributed by atoms with E-state index in [4.69, 9.17) is 4.74 Å². The zero-order chi connectivity index (χ0) is 7.68. The van der Waals surface area contributed by atoms with E-state index in [1.54, 1.807) is 0 Å². The zero-order valence-corrected chi connectivity index (χ0v) is 6.70. The minimum absolute atomic E-state index is 0.0874. The standard InChI is InChI=1S/C8H15NO2/c10-8-1-3-9(5-8)7-2-4-11-6-7/h7-8,10H,1-6H2/t7?,8-/m1/s1. The molecule has 64 valence electrons. The summed E-state index contributed by atoms with van der Waals surface area (Å²) in [6.07, 6.45) is 2.00. The molecule has 0 aromatic heterocycles. The largest absolute Gasteiger partial charge is 0.392 e. The number of rotatable bonds is 1. The number of aliphatic hydroxyl groups excluding tert-OH is 1. The second-order valence-corrected chi connectivity index (χ2v) is 3.45. The molecule has 2 rings (SSSR count). The molecule has 1 N–H and O–H groups in total. The van der Waals surface area contributed by atoms with Gasteiger partial charge >= 0.3 is 0 Å². The molecule has 2 aliphatic rings. The third-order valence-corrected chi connectivity index (χ3v) is 2.62. The molecule has 0 saturated carbocycles. The van der Waals surface area contributed by atoms with Gasteiger partial charge in [0.2, 0.25) is 0 Å². The minimum atomic E-state index is -0.0874. The molecule has 2 heterocycles. The Morgan fingerprint density at radius 3 is 2.82 bits per heavy atom. The second kappa shape index (κ2) is 3.09. The first-order valence-corrected chi connectivity index (χ1v) is 4.36. The summed E-state index contributed by atoms with van der Waals surface area (Å²) >= 11 is 0. The average Bonchev–Trinajstić information content (AvgIpc) is 2.55. The maximum Gasteiger partial charge on any atom is 0.0679 e. The molecule has 2 aliphatic heterocycles. The van der Waals surface area contributed by atoms with Crippen molar-refractivity contribution in [2.24, 2.45) is 0 Å². The number of nitrogens with zero attached hydrogens (tertiary/aromatic N) is 1. The number of hydrogen-bond acceptors (Lipinski definition) is 3. The van der Waals surface area contributed by atoms with Gasteiger partial charge in [0.05, 0.1) is 12.7 Å². The predicted octanol–water partition coefficient (Wildman–Crippen LogP) is -0.158. The van der Waals surface area contributed by atoms with Crippen LogP contribution >= 0.6 is 0 Å². The Bertz CT molecular complexity index is 134. The van der Waals surface area contributed by atoms with Crippen LogP contribution < -0.4 is 0 Å². The van der Waals surface area contributed by atoms with Gasteiger partial charge in [-0.1, -0.05) is 0 Å². The van der Waals surface area contributed by atoms with Gasteiger partial charge in [0.1, 0.15) is 0 Å². The van der Waals surface area contributed by atoms with E-state index in [-0.39, 0.29) is 6.10 Å². The summed E-state index contributed by atoms with van der Waals surface area (Å²) in [5.41, 5.74) is 0. The molecular formula is C8H15NO2. The van der Waals surface area contributed by atoms with Gasteiger partial charge in [0, 0.05) is 25.7 Å². The average molecular weight is 157 g/mol. The molecule has 0 spiro atoms. The second-order valence-electron chi connectivity index (χ2n) is 3.45. The molecule has 0 aromatic carbocycles. The third kappa shape index (κ3) is 1.55. The van der Waals surface area contributed by atoms with E-state index in [1.807, 2.05) is 0 Å². The topological polar surface area (TPSA) is 32.7 Å². The Hall–Kier alpha value is -0.120. The van der Waals surface area contributed by atoms with Crippen LogP contribution in [0.2, 0.25) is 0 Å². The lowest BCUT2D eigenvalue weighted by Gasteiger charge is -2.21. The summed E-state index contributed by atoms with van der Waals surface area (Å²) < 4.78 is 5.28. The number of aliphatic hydroxyl groups is 1. The first-order valence-electron chi connectivity index (χ1n) is 4.36. The molecule has 2 atom stereocenters. The molecule has 1 unspecified atom stereocenters. The van der Waals surface area contributed by atoms with Crippen LogP contribution in [0.4, 0.5) is 0 Å². The van der Waals surface area contributed by atoms with E-state index in [0.717, 1.165) is 39.1 Å². The van der Waals surface area contributed by atoms with Crippen LogP contribution in [0.1, 0.15) is 12.8 Å². The van der Waals surface area contributed by atoms with Crippen LogP contribution in [-0.2, 0) is 4.74 Å². The Balaban J connectivity index is 1.85. The van der Waals surface area contributed by atoms with Gasteiger partial charge in [-0.25, -0.2) is 0 Å². The van der Waals surface area contributed by atoms with E-state index in [9.17, 15) is 5.11 Å². The maximum absolute atomic E-state index is 9.28. The molecule has 0 aromatic rings. The molecule has 3 nitrogen and oxygen atoms in total. The molecule has 3 heteroatoms. The molecule has 11 heavy (non-hydrogen) atoms. The Morgan fingerprint density at radius 2 is 2.27 bits per heavy atom. The monoisotopic (exact) mass is 157 g/mol. The van der Waals surface area contributed by atoms with Crippen molar-refractivity contribution in [3.05, 3.63) is 0 Å². The lowest BCUT2D eigenvalue weighted by molar-refractivity contribution is 0.137. The fourth-order valence-corrected chi connectivity index (χ4v) is 1.91. The Morgan fingerprint density at radius 1 is 1.36 bits per heavy atom. The number of β-amino-alcohol motifs (C(OH)–C–C–N with tert-alkyl or cyclic N) is 1. The molecule has 0 bridgehead atoms. The van der Waals surface area contributed by atoms with Crippen molar-refractivity contribution in [1.29, 1.82) is 0 Å². The van der Waals surface area contributed by atoms with Gasteiger partial charge in [-0.2, -0.15) is 0 Å². The van der Waals surface area contributed by atoms with Crippen molar-refractivity contribution in [2.75, 3.05) is 26.3 Å². The van der Waals surface area contributed by atoms with Crippen molar-refractivity contribution in [2.45, 2.75) is 25.0 Å². The van der Waals surface area contributed by atoms with Crippen LogP contribution in [0.3, 0.4) is 0 Å². The Kier molecular flexibility index (Phi) is 2.11. The molecular weight excluding hydrogens is 142 g/mol. The van der Waals surface area contributed by atoms with Gasteiger partial charge in [0.15, 0.2) is 0 Å². The first kappa shape index (κ1) is 7.53. The molecule has 0 radical (unpaired) electrons. The molecule has 2 saturated heterocycles. The molecule has 0 aliphatic carbocycles. The van der Waals surface area contributed by atoms with Crippen LogP contribution in [-0.4, -0.2) is 48.5 Å². The van der Waals surface area contributed by atoms with E-state index in [2.05, 4.69) is 4.90 Å². The predicted molar refractivity (Wildman–Crippen MR) is 41.4 cm³/mol. The first-order chi connectivity index (χ1) is 5.36. The third-order valence-electron chi connectivity index (χ3n) is 2.62. The molecule has 2 fully saturated rings. The number of hydrogen-bond donors (Lipinski definition) is 1. The molecule has 0 amide bonds. The zero-order valence-electron chi connectivity index (χ0n) is 6.70. The van der Waals surface area contributed by atoms with Gasteiger partial charge < -0.3 is 9.84 Å². The summed E-state index contributed by atoms with van der Waals surface area (Å²) in [6.45, 7) is 3.67. The SMILES string of the molecule is O[C@@H]1CCN(C2CCOC2)C1. The van der Waals surface area contributed by atoms with Crippen molar-refractivity contribution in [3.8, 4) is 0 Å². The summed E-state index contributed by atoms with van der Waals surface area (Å²) in [5.74, 6) is 0. The number of ether oxygens (including phenoxy) is 1. The lowest BCUT2D eigenvalue weighted by atomic mass is 10.2. The van der Waals surface area contributed by atoms with Crippen molar-refractivity contribution in [3.63, 3.8) is 0 Å². The van der Waals surface area contributed by atoms with Crippen LogP contribution in [0.25, 0.3) is 0 Å². The van der Waals surface area contributed by atoms with Gasteiger partial charge in [0.25, 0.3) is 0 Å². The van der Waals surface area contributed by atoms with Crippen molar-refractivity contribution < 1.29 is 9.84 Å². The van der Waals surface area contributed by atoms with Gasteiger partial charge in [-0.3, -0.25) is 4.90 Å². The highest BCUT2D eigenvalue weighted by atomic mass is 16.5. The summed E-state index contributed by atoms with van der Waals surface area (Å²) in [5, 5.41) is 9.28. The summed E-state index contributed by atoms with van der Waals surface area (Å²) in [7, 11) is 0. The highest BCUT2D eigenvalue weighted by Gasteiger charge is 2.29. The van der Waals surface area contributed by atoms with Crippen LogP contribution in [0.5, 0.6) is 0 Å². The van der Waals surface area contributed by atoms with Gasteiger partial charge in [-0.05, 0) is 12.8 Å². The summed E-state index contributed by atoms with van der Waals surface area (Å²) in [4.78, 5) is 2.34. The van der Waals surface area contributed by atoms with E-state index in [0.29, 0.717) is 6.04 Å². The number of likely N-dealkylation sites (tertiary alicyclic amines) is 1. The van der Waals surface area contributed by atoms with Crippen molar-refractivity contribution >= 4 is 0 Å². The van der Waals surface area contributed by atoms with Crippen LogP contribution in [0, 0.1) is 0 Å². The van der Waals surface area contributed by atoms with Crippen LogP contribution in [0.15, 0.2) is 0 Å². The highest BCUT2D eigenvalue weighted by Crippen LogP contribution is 2.18. The van der Waals surface area contributed by atoms with E-state index >= 15 is 0 Å². The Labute approximate surface area is 66.9 Å². The lowest BCUT2D eigenvalue weighted by Crippen LogP contribution is -2.34. The summed E-state index contributed by atoms with van der Waals surface area (Å²) in [6, 6.07) is 0.590. The van der Waals surface area contributed by atoms with Gasteiger partial charge in [-0.15, -0.1) is 0 Å². The highest BCUT2D eigenvalue weighted by molar-refractivity contribution is 4.82. The normalized spacial score (nSPS) is 40.1. The quantitative estimate of drug-likeness (QED) is 0.574. The van der Waals surface area contributed by atoms with Crippen molar-refractivity contribution in [1.82, 2.24) is 4.90 Å². The maximum atomic E-state index is 9.28. The van der Waals surface area contributed by atoms with E-state index < -0.39 is 0 Å².